The molecular weight excluding hydrogens is 250 g/mol. The largest absolute Gasteiger partial charge is 0.478 e. The molecule has 0 aliphatic heterocycles. The van der Waals surface area contributed by atoms with Gasteiger partial charge < -0.3 is 9.67 Å². The first-order valence-corrected chi connectivity index (χ1v) is 7.00. The smallest absolute Gasteiger partial charge is 0.337 e. The summed E-state index contributed by atoms with van der Waals surface area (Å²) in [6.07, 6.45) is 1.00. The number of hydrogen-bond acceptors (Lipinski definition) is 1. The molecule has 1 aromatic carbocycles. The molecule has 20 heavy (non-hydrogen) atoms. The lowest BCUT2D eigenvalue weighted by Crippen LogP contribution is -2.06. The van der Waals surface area contributed by atoms with Crippen LogP contribution in [0.1, 0.15) is 48.4 Å². The van der Waals surface area contributed by atoms with Crippen LogP contribution in [-0.4, -0.2) is 15.6 Å². The van der Waals surface area contributed by atoms with E-state index in [1.807, 2.05) is 6.92 Å². The van der Waals surface area contributed by atoms with Gasteiger partial charge in [-0.2, -0.15) is 0 Å². The van der Waals surface area contributed by atoms with Crippen molar-refractivity contribution in [1.29, 1.82) is 0 Å². The second-order valence-corrected chi connectivity index (χ2v) is 5.35. The number of hydrogen-bond donors (Lipinski definition) is 1. The highest BCUT2D eigenvalue weighted by molar-refractivity contribution is 5.91. The SMILES string of the molecule is CCc1ccc(-c2cc(C(=O)O)c(C)n2C(C)C)cc1. The van der Waals surface area contributed by atoms with Gasteiger partial charge in [0.1, 0.15) is 0 Å². The number of carboxylic acid groups (broad SMARTS) is 1. The Kier molecular flexibility index (Phi) is 3.98. The predicted octanol–water partition coefficient (Wildman–Crippen LogP) is 4.31. The number of aryl methyl sites for hydroxylation is 1. The van der Waals surface area contributed by atoms with Crippen molar-refractivity contribution in [2.75, 3.05) is 0 Å². The maximum atomic E-state index is 11.3. The summed E-state index contributed by atoms with van der Waals surface area (Å²) in [6, 6.07) is 10.3. The minimum absolute atomic E-state index is 0.226. The van der Waals surface area contributed by atoms with Crippen molar-refractivity contribution in [3.63, 3.8) is 0 Å². The quantitative estimate of drug-likeness (QED) is 0.900. The Hall–Kier alpha value is -2.03. The van der Waals surface area contributed by atoms with Gasteiger partial charge in [0.05, 0.1) is 5.56 Å². The van der Waals surface area contributed by atoms with Gasteiger partial charge in [0.15, 0.2) is 0 Å². The second-order valence-electron chi connectivity index (χ2n) is 5.35. The molecule has 1 heterocycles. The van der Waals surface area contributed by atoms with E-state index in [1.165, 1.54) is 5.56 Å². The molecule has 0 unspecified atom stereocenters. The van der Waals surface area contributed by atoms with Gasteiger partial charge in [-0.3, -0.25) is 0 Å². The molecule has 1 N–H and O–H groups in total. The summed E-state index contributed by atoms with van der Waals surface area (Å²) < 4.78 is 2.09. The third-order valence-electron chi connectivity index (χ3n) is 3.70. The average Bonchev–Trinajstić information content (AvgIpc) is 2.76. The van der Waals surface area contributed by atoms with Crippen molar-refractivity contribution in [2.45, 2.75) is 40.2 Å². The van der Waals surface area contributed by atoms with Gasteiger partial charge in [-0.15, -0.1) is 0 Å². The van der Waals surface area contributed by atoms with Gasteiger partial charge in [-0.1, -0.05) is 31.2 Å². The van der Waals surface area contributed by atoms with Crippen LogP contribution in [0.5, 0.6) is 0 Å². The maximum Gasteiger partial charge on any atom is 0.337 e. The molecule has 0 spiro atoms. The van der Waals surface area contributed by atoms with Crippen molar-refractivity contribution in [1.82, 2.24) is 4.57 Å². The summed E-state index contributed by atoms with van der Waals surface area (Å²) in [5, 5.41) is 9.30. The van der Waals surface area contributed by atoms with E-state index in [-0.39, 0.29) is 6.04 Å². The van der Waals surface area contributed by atoms with Crippen LogP contribution >= 0.6 is 0 Å². The standard InChI is InChI=1S/C17H21NO2/c1-5-13-6-8-14(9-7-13)16-10-15(17(19)20)12(4)18(16)11(2)3/h6-11H,5H2,1-4H3,(H,19,20). The molecule has 0 amide bonds. The van der Waals surface area contributed by atoms with Crippen molar-refractivity contribution in [3.05, 3.63) is 47.2 Å². The van der Waals surface area contributed by atoms with Crippen molar-refractivity contribution in [2.24, 2.45) is 0 Å². The number of carbonyl (C=O) groups is 1. The van der Waals surface area contributed by atoms with Crippen LogP contribution in [0.15, 0.2) is 30.3 Å². The first-order valence-electron chi connectivity index (χ1n) is 7.00. The molecule has 2 rings (SSSR count). The zero-order valence-corrected chi connectivity index (χ0v) is 12.5. The average molecular weight is 271 g/mol. The molecule has 0 atom stereocenters. The van der Waals surface area contributed by atoms with E-state index in [2.05, 4.69) is 49.6 Å². The van der Waals surface area contributed by atoms with E-state index in [1.54, 1.807) is 6.07 Å². The van der Waals surface area contributed by atoms with Crippen LogP contribution in [0, 0.1) is 6.92 Å². The molecule has 0 saturated heterocycles. The normalized spacial score (nSPS) is 11.1. The van der Waals surface area contributed by atoms with Crippen molar-refractivity contribution < 1.29 is 9.90 Å². The van der Waals surface area contributed by atoms with Crippen LogP contribution in [-0.2, 0) is 6.42 Å². The summed E-state index contributed by atoms with van der Waals surface area (Å²) in [5.74, 6) is -0.867. The Morgan fingerprint density at radius 3 is 2.30 bits per heavy atom. The number of benzene rings is 1. The summed E-state index contributed by atoms with van der Waals surface area (Å²) >= 11 is 0. The van der Waals surface area contributed by atoms with Gasteiger partial charge in [-0.25, -0.2) is 4.79 Å². The van der Waals surface area contributed by atoms with Crippen LogP contribution in [0.3, 0.4) is 0 Å². The molecule has 0 bridgehead atoms. The van der Waals surface area contributed by atoms with Crippen LogP contribution in [0.4, 0.5) is 0 Å². The number of aromatic nitrogens is 1. The second kappa shape index (κ2) is 5.53. The number of carboxylic acids is 1. The number of rotatable bonds is 4. The van der Waals surface area contributed by atoms with Crippen LogP contribution in [0.2, 0.25) is 0 Å². The van der Waals surface area contributed by atoms with Gasteiger partial charge in [0.25, 0.3) is 0 Å². The molecule has 0 fully saturated rings. The summed E-state index contributed by atoms with van der Waals surface area (Å²) in [4.78, 5) is 11.3. The highest BCUT2D eigenvalue weighted by atomic mass is 16.4. The maximum absolute atomic E-state index is 11.3. The molecular formula is C17H21NO2. The third kappa shape index (κ3) is 2.48. The number of aromatic carboxylic acids is 1. The van der Waals surface area contributed by atoms with Gasteiger partial charge in [-0.05, 0) is 44.4 Å². The van der Waals surface area contributed by atoms with E-state index < -0.39 is 5.97 Å². The van der Waals surface area contributed by atoms with E-state index in [9.17, 15) is 9.90 Å². The zero-order chi connectivity index (χ0) is 14.9. The van der Waals surface area contributed by atoms with Crippen molar-refractivity contribution in [3.8, 4) is 11.3 Å². The van der Waals surface area contributed by atoms with Crippen LogP contribution in [0.25, 0.3) is 11.3 Å². The highest BCUT2D eigenvalue weighted by Crippen LogP contribution is 2.29. The van der Waals surface area contributed by atoms with Gasteiger partial charge in [0, 0.05) is 17.4 Å². The Morgan fingerprint density at radius 1 is 1.25 bits per heavy atom. The summed E-state index contributed by atoms with van der Waals surface area (Å²) in [7, 11) is 0. The molecule has 1 aromatic heterocycles. The molecule has 0 aliphatic carbocycles. The van der Waals surface area contributed by atoms with Crippen molar-refractivity contribution >= 4 is 5.97 Å². The Labute approximate surface area is 119 Å². The monoisotopic (exact) mass is 271 g/mol. The molecule has 3 nitrogen and oxygen atoms in total. The third-order valence-corrected chi connectivity index (χ3v) is 3.70. The molecule has 0 aliphatic rings. The first-order chi connectivity index (χ1) is 9.45. The Bertz CT molecular complexity index is 621. The lowest BCUT2D eigenvalue weighted by Gasteiger charge is -2.16. The fourth-order valence-corrected chi connectivity index (χ4v) is 2.64. The minimum atomic E-state index is -0.867. The number of nitrogens with zero attached hydrogens (tertiary/aromatic N) is 1. The highest BCUT2D eigenvalue weighted by Gasteiger charge is 2.19. The molecule has 0 saturated carbocycles. The zero-order valence-electron chi connectivity index (χ0n) is 12.5. The van der Waals surface area contributed by atoms with Gasteiger partial charge in [0.2, 0.25) is 0 Å². The van der Waals surface area contributed by atoms with E-state index in [0.717, 1.165) is 23.4 Å². The molecule has 3 heteroatoms. The lowest BCUT2D eigenvalue weighted by atomic mass is 10.1. The topological polar surface area (TPSA) is 42.2 Å². The molecule has 106 valence electrons. The minimum Gasteiger partial charge on any atom is -0.478 e. The fraction of sp³-hybridized carbons (Fsp3) is 0.353. The molecule has 2 aromatic rings. The Morgan fingerprint density at radius 2 is 1.85 bits per heavy atom. The summed E-state index contributed by atoms with van der Waals surface area (Å²) in [6.45, 7) is 8.14. The summed E-state index contributed by atoms with van der Waals surface area (Å²) in [5.41, 5.74) is 4.51. The van der Waals surface area contributed by atoms with E-state index >= 15 is 0 Å². The molecule has 0 radical (unpaired) electrons. The van der Waals surface area contributed by atoms with Crippen LogP contribution < -0.4 is 0 Å². The predicted molar refractivity (Wildman–Crippen MR) is 81.3 cm³/mol. The lowest BCUT2D eigenvalue weighted by molar-refractivity contribution is 0.0696. The fourth-order valence-electron chi connectivity index (χ4n) is 2.64. The van der Waals surface area contributed by atoms with E-state index in [0.29, 0.717) is 5.56 Å². The Balaban J connectivity index is 2.59. The first kappa shape index (κ1) is 14.4. The van der Waals surface area contributed by atoms with E-state index in [4.69, 9.17) is 0 Å². The van der Waals surface area contributed by atoms with Gasteiger partial charge >= 0.3 is 5.97 Å².